The second kappa shape index (κ2) is 7.42. The second-order valence-electron chi connectivity index (χ2n) is 6.32. The van der Waals surface area contributed by atoms with Gasteiger partial charge >= 0.3 is 12.1 Å². The molecule has 1 fully saturated rings. The third kappa shape index (κ3) is 5.16. The van der Waals surface area contributed by atoms with Gasteiger partial charge < -0.3 is 9.47 Å². The zero-order valence-electron chi connectivity index (χ0n) is 13.9. The van der Waals surface area contributed by atoms with Gasteiger partial charge in [-0.2, -0.15) is 0 Å². The molecule has 6 heteroatoms. The molecular formula is C16H25NO5. The van der Waals surface area contributed by atoms with Gasteiger partial charge in [0.25, 0.3) is 0 Å². The van der Waals surface area contributed by atoms with E-state index in [1.165, 1.54) is 11.0 Å². The first kappa shape index (κ1) is 18.2. The summed E-state index contributed by atoms with van der Waals surface area (Å²) in [6.07, 6.45) is 3.24. The fourth-order valence-electron chi connectivity index (χ4n) is 2.30. The summed E-state index contributed by atoms with van der Waals surface area (Å²) < 4.78 is 10.1. The normalized spacial score (nSPS) is 20.3. The Morgan fingerprint density at radius 2 is 2.05 bits per heavy atom. The van der Waals surface area contributed by atoms with Crippen molar-refractivity contribution in [2.45, 2.75) is 59.1 Å². The van der Waals surface area contributed by atoms with Crippen LogP contribution in [0.1, 0.15) is 47.5 Å². The van der Waals surface area contributed by atoms with Crippen LogP contribution in [0.3, 0.4) is 0 Å². The number of hydrogen-bond donors (Lipinski definition) is 0. The van der Waals surface area contributed by atoms with Crippen molar-refractivity contribution < 1.29 is 23.9 Å². The maximum atomic E-state index is 12.2. The van der Waals surface area contributed by atoms with Crippen LogP contribution in [0.25, 0.3) is 0 Å². The van der Waals surface area contributed by atoms with Crippen molar-refractivity contribution in [3.8, 4) is 0 Å². The summed E-state index contributed by atoms with van der Waals surface area (Å²) >= 11 is 0. The van der Waals surface area contributed by atoms with Crippen LogP contribution in [0.2, 0.25) is 0 Å². The second-order valence-corrected chi connectivity index (χ2v) is 6.32. The molecule has 1 saturated heterocycles. The minimum atomic E-state index is -0.658. The van der Waals surface area contributed by atoms with Gasteiger partial charge in [-0.1, -0.05) is 13.0 Å². The van der Waals surface area contributed by atoms with Crippen LogP contribution in [-0.4, -0.2) is 41.1 Å². The molecule has 2 atom stereocenters. The van der Waals surface area contributed by atoms with E-state index >= 15 is 0 Å². The van der Waals surface area contributed by atoms with Crippen molar-refractivity contribution in [3.05, 3.63) is 12.2 Å². The summed E-state index contributed by atoms with van der Waals surface area (Å²) in [6, 6.07) is -0.298. The minimum Gasteiger partial charge on any atom is -0.463 e. The molecule has 0 radical (unpaired) electrons. The largest absolute Gasteiger partial charge is 0.463 e. The highest BCUT2D eigenvalue weighted by Gasteiger charge is 2.40. The predicted molar refractivity (Wildman–Crippen MR) is 81.0 cm³/mol. The van der Waals surface area contributed by atoms with Crippen LogP contribution in [-0.2, 0) is 19.1 Å². The zero-order valence-corrected chi connectivity index (χ0v) is 13.9. The number of esters is 1. The molecule has 1 aliphatic rings. The topological polar surface area (TPSA) is 72.9 Å². The zero-order chi connectivity index (χ0) is 16.9. The van der Waals surface area contributed by atoms with Crippen LogP contribution < -0.4 is 0 Å². The number of hydrogen-bond acceptors (Lipinski definition) is 5. The predicted octanol–water partition coefficient (Wildman–Crippen LogP) is 2.67. The number of carbonyl (C=O) groups is 3. The average molecular weight is 311 g/mol. The van der Waals surface area contributed by atoms with Crippen molar-refractivity contribution in [2.75, 3.05) is 6.61 Å². The van der Waals surface area contributed by atoms with Crippen LogP contribution in [0.15, 0.2) is 12.2 Å². The summed E-state index contributed by atoms with van der Waals surface area (Å²) in [6.45, 7) is 9.16. The molecule has 6 nitrogen and oxygen atoms in total. The molecule has 22 heavy (non-hydrogen) atoms. The van der Waals surface area contributed by atoms with Crippen LogP contribution in [0, 0.1) is 5.92 Å². The van der Waals surface area contributed by atoms with Crippen molar-refractivity contribution in [3.63, 3.8) is 0 Å². The molecule has 1 aliphatic heterocycles. The van der Waals surface area contributed by atoms with E-state index in [-0.39, 0.29) is 17.9 Å². The van der Waals surface area contributed by atoms with Crippen LogP contribution in [0.5, 0.6) is 0 Å². The van der Waals surface area contributed by atoms with E-state index in [4.69, 9.17) is 9.47 Å². The lowest BCUT2D eigenvalue weighted by Gasteiger charge is -2.29. The Morgan fingerprint density at radius 1 is 1.41 bits per heavy atom. The van der Waals surface area contributed by atoms with Gasteiger partial charge in [0.15, 0.2) is 0 Å². The third-order valence-corrected chi connectivity index (χ3v) is 3.27. The van der Waals surface area contributed by atoms with Gasteiger partial charge in [0.1, 0.15) is 5.60 Å². The summed E-state index contributed by atoms with van der Waals surface area (Å²) in [4.78, 5) is 36.7. The Balaban J connectivity index is 2.77. The molecular weight excluding hydrogens is 286 g/mol. The van der Waals surface area contributed by atoms with Crippen LogP contribution in [0.4, 0.5) is 4.79 Å². The summed E-state index contributed by atoms with van der Waals surface area (Å²) in [7, 11) is 0. The summed E-state index contributed by atoms with van der Waals surface area (Å²) in [5.74, 6) is -0.818. The molecule has 0 aromatic carbocycles. The highest BCUT2D eigenvalue weighted by molar-refractivity contribution is 5.94. The maximum Gasteiger partial charge on any atom is 0.417 e. The number of rotatable bonds is 4. The van der Waals surface area contributed by atoms with E-state index in [9.17, 15) is 14.4 Å². The molecule has 0 aliphatic carbocycles. The highest BCUT2D eigenvalue weighted by atomic mass is 16.6. The molecule has 124 valence electrons. The lowest BCUT2D eigenvalue weighted by atomic mass is 9.99. The first-order valence-electron chi connectivity index (χ1n) is 7.55. The third-order valence-electron chi connectivity index (χ3n) is 3.27. The Labute approximate surface area is 131 Å². The lowest BCUT2D eigenvalue weighted by molar-refractivity contribution is -0.137. The molecule has 0 saturated carbocycles. The molecule has 0 spiro atoms. The van der Waals surface area contributed by atoms with Gasteiger partial charge in [-0.25, -0.2) is 14.5 Å². The molecule has 1 rings (SSSR count). The Kier molecular flexibility index (Phi) is 6.14. The van der Waals surface area contributed by atoms with E-state index < -0.39 is 17.7 Å². The highest BCUT2D eigenvalue weighted by Crippen LogP contribution is 2.27. The van der Waals surface area contributed by atoms with Gasteiger partial charge in [-0.05, 0) is 40.0 Å². The SMILES string of the molecule is CCOC(=O)/C=C/[C@H](C)[C@H]1CCC(=O)N1C(=O)OC(C)(C)C. The smallest absolute Gasteiger partial charge is 0.417 e. The average Bonchev–Trinajstić information content (AvgIpc) is 2.76. The van der Waals surface area contributed by atoms with E-state index in [2.05, 4.69) is 0 Å². The van der Waals surface area contributed by atoms with Crippen molar-refractivity contribution in [1.29, 1.82) is 0 Å². The molecule has 2 amide bonds. The van der Waals surface area contributed by atoms with Gasteiger partial charge in [0.05, 0.1) is 6.61 Å². The monoisotopic (exact) mass is 311 g/mol. The number of carbonyl (C=O) groups excluding carboxylic acids is 3. The number of imide groups is 1. The van der Waals surface area contributed by atoms with Crippen LogP contribution >= 0.6 is 0 Å². The lowest BCUT2D eigenvalue weighted by Crippen LogP contribution is -2.44. The Hall–Kier alpha value is -1.85. The molecule has 0 unspecified atom stereocenters. The number of amides is 2. The molecule has 0 N–H and O–H groups in total. The molecule has 0 aromatic heterocycles. The van der Waals surface area contributed by atoms with Crippen molar-refractivity contribution >= 4 is 18.0 Å². The van der Waals surface area contributed by atoms with Gasteiger partial charge in [-0.15, -0.1) is 0 Å². The first-order valence-corrected chi connectivity index (χ1v) is 7.55. The number of nitrogens with zero attached hydrogens (tertiary/aromatic N) is 1. The standard InChI is InChI=1S/C16H25NO5/c1-6-21-14(19)10-7-11(2)12-8-9-13(18)17(12)15(20)22-16(3,4)5/h7,10-12H,6,8-9H2,1-5H3/b10-7+/t11-,12+/m0/s1. The van der Waals surface area contributed by atoms with Gasteiger partial charge in [-0.3, -0.25) is 4.79 Å². The molecule has 0 bridgehead atoms. The Bertz CT molecular complexity index is 464. The maximum absolute atomic E-state index is 12.2. The van der Waals surface area contributed by atoms with Crippen molar-refractivity contribution in [1.82, 2.24) is 4.90 Å². The van der Waals surface area contributed by atoms with E-state index in [1.54, 1.807) is 33.8 Å². The number of likely N-dealkylation sites (tertiary alicyclic amines) is 1. The fourth-order valence-corrected chi connectivity index (χ4v) is 2.30. The van der Waals surface area contributed by atoms with E-state index in [0.717, 1.165) is 0 Å². The van der Waals surface area contributed by atoms with Crippen molar-refractivity contribution in [2.24, 2.45) is 5.92 Å². The quantitative estimate of drug-likeness (QED) is 0.589. The van der Waals surface area contributed by atoms with E-state index in [0.29, 0.717) is 19.4 Å². The first-order chi connectivity index (χ1) is 10.2. The molecule has 0 aromatic rings. The number of ether oxygens (including phenoxy) is 2. The summed E-state index contributed by atoms with van der Waals surface area (Å²) in [5.41, 5.74) is -0.658. The minimum absolute atomic E-state index is 0.150. The van der Waals surface area contributed by atoms with Gasteiger partial charge in [0.2, 0.25) is 5.91 Å². The Morgan fingerprint density at radius 3 is 2.59 bits per heavy atom. The van der Waals surface area contributed by atoms with E-state index in [1.807, 2.05) is 6.92 Å². The molecule has 1 heterocycles. The van der Waals surface area contributed by atoms with Gasteiger partial charge in [0, 0.05) is 18.5 Å². The fraction of sp³-hybridized carbons (Fsp3) is 0.688. The summed E-state index contributed by atoms with van der Waals surface area (Å²) in [5, 5.41) is 0.